The van der Waals surface area contributed by atoms with E-state index in [4.69, 9.17) is 0 Å². The number of amides is 1. The molecule has 0 aromatic heterocycles. The largest absolute Gasteiger partial charge is 0.356 e. The predicted octanol–water partition coefficient (Wildman–Crippen LogP) is 2.86. The highest BCUT2D eigenvalue weighted by Gasteiger charge is 2.42. The van der Waals surface area contributed by atoms with Gasteiger partial charge in [0, 0.05) is 12.6 Å². The van der Waals surface area contributed by atoms with E-state index in [0.29, 0.717) is 13.0 Å². The first kappa shape index (κ1) is 19.0. The highest BCUT2D eigenvalue weighted by molar-refractivity contribution is 7.89. The van der Waals surface area contributed by atoms with E-state index in [1.54, 1.807) is 12.1 Å². The van der Waals surface area contributed by atoms with Crippen LogP contribution in [0.15, 0.2) is 53.4 Å². The maximum Gasteiger partial charge on any atom is 0.247 e. The molecule has 1 fully saturated rings. The van der Waals surface area contributed by atoms with Gasteiger partial charge < -0.3 is 10.2 Å². The summed E-state index contributed by atoms with van der Waals surface area (Å²) < 4.78 is 28.5. The van der Waals surface area contributed by atoms with Crippen LogP contribution in [-0.4, -0.2) is 33.0 Å². The molecule has 1 amide bonds. The number of benzene rings is 2. The smallest absolute Gasteiger partial charge is 0.247 e. The van der Waals surface area contributed by atoms with Crippen molar-refractivity contribution in [2.24, 2.45) is 0 Å². The fraction of sp³-hybridized carbons (Fsp3) is 0.381. The number of para-hydroxylation sites is 2. The lowest BCUT2D eigenvalue weighted by molar-refractivity contribution is -0.117. The molecular formula is C21H25N3O3S. The van der Waals surface area contributed by atoms with Gasteiger partial charge in [-0.15, -0.1) is 0 Å². The maximum atomic E-state index is 12.9. The molecule has 1 saturated heterocycles. The molecule has 2 aromatic carbocycles. The van der Waals surface area contributed by atoms with Gasteiger partial charge in [0.05, 0.1) is 16.3 Å². The number of sulfonamides is 1. The van der Waals surface area contributed by atoms with Crippen LogP contribution in [0.3, 0.4) is 0 Å². The third-order valence-corrected chi connectivity index (χ3v) is 6.96. The number of rotatable bonds is 3. The van der Waals surface area contributed by atoms with E-state index in [0.717, 1.165) is 16.9 Å². The molecule has 0 saturated carbocycles. The Morgan fingerprint density at radius 1 is 1.07 bits per heavy atom. The minimum Gasteiger partial charge on any atom is -0.356 e. The Balaban J connectivity index is 1.53. The van der Waals surface area contributed by atoms with Crippen molar-refractivity contribution < 1.29 is 13.2 Å². The van der Waals surface area contributed by atoms with E-state index in [2.05, 4.69) is 30.8 Å². The van der Waals surface area contributed by atoms with Gasteiger partial charge in [0.2, 0.25) is 15.9 Å². The molecular weight excluding hydrogens is 374 g/mol. The zero-order valence-corrected chi connectivity index (χ0v) is 17.1. The zero-order chi connectivity index (χ0) is 20.1. The lowest BCUT2D eigenvalue weighted by atomic mass is 9.87. The Morgan fingerprint density at radius 2 is 1.75 bits per heavy atom. The number of nitrogens with zero attached hydrogens (tertiary/aromatic N) is 1. The minimum absolute atomic E-state index is 0.0368. The number of hydrogen-bond donors (Lipinski definition) is 2. The number of hydrogen-bond acceptors (Lipinski definition) is 4. The second kappa shape index (κ2) is 6.60. The third kappa shape index (κ3) is 3.40. The van der Waals surface area contributed by atoms with Crippen molar-refractivity contribution in [2.75, 3.05) is 16.8 Å². The van der Waals surface area contributed by atoms with Crippen LogP contribution in [0, 0.1) is 0 Å². The second-order valence-electron chi connectivity index (χ2n) is 8.50. The molecule has 0 radical (unpaired) electrons. The lowest BCUT2D eigenvalue weighted by Crippen LogP contribution is -2.44. The molecule has 0 bridgehead atoms. The quantitative estimate of drug-likeness (QED) is 0.832. The van der Waals surface area contributed by atoms with Crippen molar-refractivity contribution in [3.8, 4) is 0 Å². The summed E-state index contributed by atoms with van der Waals surface area (Å²) in [4.78, 5) is 14.7. The van der Waals surface area contributed by atoms with Crippen molar-refractivity contribution in [3.05, 3.63) is 54.1 Å². The molecule has 0 spiro atoms. The fourth-order valence-corrected chi connectivity index (χ4v) is 5.14. The summed E-state index contributed by atoms with van der Waals surface area (Å²) in [5.41, 5.74) is 2.75. The van der Waals surface area contributed by atoms with Crippen LogP contribution in [0.25, 0.3) is 0 Å². The molecule has 2 aromatic rings. The van der Waals surface area contributed by atoms with Crippen LogP contribution in [0.4, 0.5) is 11.4 Å². The standard InChI is InChI=1S/C21H25N3O3S/c1-21(2,3)14-8-10-16(11-9-14)28(26,27)23-15-12-19-20(25)22-17-6-4-5-7-18(17)24(19)13-15/h4-11,15,19,23H,12-13H2,1-3H3,(H,22,25). The average Bonchev–Trinajstić information content (AvgIpc) is 3.05. The number of anilines is 2. The third-order valence-electron chi connectivity index (χ3n) is 5.43. The summed E-state index contributed by atoms with van der Waals surface area (Å²) in [6, 6.07) is 13.9. The Morgan fingerprint density at radius 3 is 2.43 bits per heavy atom. The van der Waals surface area contributed by atoms with Gasteiger partial charge >= 0.3 is 0 Å². The molecule has 7 heteroatoms. The molecule has 148 valence electrons. The number of fused-ring (bicyclic) bond motifs is 3. The molecule has 2 atom stereocenters. The summed E-state index contributed by atoms with van der Waals surface area (Å²) in [6.07, 6.45) is 0.444. The first-order valence-electron chi connectivity index (χ1n) is 9.44. The van der Waals surface area contributed by atoms with Crippen molar-refractivity contribution in [1.82, 2.24) is 4.72 Å². The molecule has 0 aliphatic carbocycles. The average molecular weight is 400 g/mol. The zero-order valence-electron chi connectivity index (χ0n) is 16.3. The molecule has 4 rings (SSSR count). The van der Waals surface area contributed by atoms with Crippen LogP contribution >= 0.6 is 0 Å². The van der Waals surface area contributed by atoms with Crippen molar-refractivity contribution in [2.45, 2.75) is 49.6 Å². The second-order valence-corrected chi connectivity index (χ2v) is 10.2. The van der Waals surface area contributed by atoms with Crippen LogP contribution < -0.4 is 14.9 Å². The summed E-state index contributed by atoms with van der Waals surface area (Å²) in [7, 11) is -3.65. The van der Waals surface area contributed by atoms with Gasteiger partial charge in [-0.05, 0) is 41.7 Å². The van der Waals surface area contributed by atoms with E-state index >= 15 is 0 Å². The van der Waals surface area contributed by atoms with E-state index in [-0.39, 0.29) is 28.3 Å². The van der Waals surface area contributed by atoms with E-state index in [1.807, 2.05) is 41.3 Å². The molecule has 6 nitrogen and oxygen atoms in total. The normalized spacial score (nSPS) is 21.8. The van der Waals surface area contributed by atoms with Crippen LogP contribution in [0.2, 0.25) is 0 Å². The number of carbonyl (C=O) groups is 1. The molecule has 28 heavy (non-hydrogen) atoms. The highest BCUT2D eigenvalue weighted by atomic mass is 32.2. The Bertz CT molecular complexity index is 1010. The van der Waals surface area contributed by atoms with E-state index < -0.39 is 10.0 Å². The summed E-state index contributed by atoms with van der Waals surface area (Å²) in [5.74, 6) is -0.0880. The Labute approximate surface area is 166 Å². The van der Waals surface area contributed by atoms with Gasteiger partial charge in [0.15, 0.2) is 0 Å². The lowest BCUT2D eigenvalue weighted by Gasteiger charge is -2.32. The fourth-order valence-electron chi connectivity index (χ4n) is 3.90. The molecule has 2 aliphatic rings. The Hall–Kier alpha value is -2.38. The highest BCUT2D eigenvalue weighted by Crippen LogP contribution is 2.36. The van der Waals surface area contributed by atoms with Gasteiger partial charge in [-0.2, -0.15) is 0 Å². The van der Waals surface area contributed by atoms with Crippen LogP contribution in [0.5, 0.6) is 0 Å². The first-order valence-corrected chi connectivity index (χ1v) is 10.9. The van der Waals surface area contributed by atoms with Crippen LogP contribution in [0.1, 0.15) is 32.8 Å². The predicted molar refractivity (Wildman–Crippen MR) is 110 cm³/mol. The molecule has 2 unspecified atom stereocenters. The Kier molecular flexibility index (Phi) is 4.47. The van der Waals surface area contributed by atoms with Gasteiger partial charge in [0.25, 0.3) is 0 Å². The van der Waals surface area contributed by atoms with E-state index in [9.17, 15) is 13.2 Å². The summed E-state index contributed by atoms with van der Waals surface area (Å²) in [6.45, 7) is 6.74. The number of carbonyl (C=O) groups excluding carboxylic acids is 1. The molecule has 2 aliphatic heterocycles. The van der Waals surface area contributed by atoms with Crippen molar-refractivity contribution in [1.29, 1.82) is 0 Å². The molecule has 2 heterocycles. The summed E-state index contributed by atoms with van der Waals surface area (Å²) in [5, 5.41) is 2.91. The van der Waals surface area contributed by atoms with E-state index in [1.165, 1.54) is 0 Å². The first-order chi connectivity index (χ1) is 13.1. The van der Waals surface area contributed by atoms with Gasteiger partial charge in [-0.1, -0.05) is 45.0 Å². The van der Waals surface area contributed by atoms with Gasteiger partial charge in [-0.3, -0.25) is 4.79 Å². The number of nitrogens with one attached hydrogen (secondary N) is 2. The SMILES string of the molecule is CC(C)(C)c1ccc(S(=O)(=O)NC2CC3C(=O)Nc4ccccc4N3C2)cc1. The monoisotopic (exact) mass is 399 g/mol. The minimum atomic E-state index is -3.65. The maximum absolute atomic E-state index is 12.9. The topological polar surface area (TPSA) is 78.5 Å². The van der Waals surface area contributed by atoms with Gasteiger partial charge in [0.1, 0.15) is 6.04 Å². The molecule has 2 N–H and O–H groups in total. The van der Waals surface area contributed by atoms with Gasteiger partial charge in [-0.25, -0.2) is 13.1 Å². The summed E-state index contributed by atoms with van der Waals surface area (Å²) >= 11 is 0. The van der Waals surface area contributed by atoms with Crippen molar-refractivity contribution in [3.63, 3.8) is 0 Å². The van der Waals surface area contributed by atoms with Crippen LogP contribution in [-0.2, 0) is 20.2 Å². The van der Waals surface area contributed by atoms with Crippen molar-refractivity contribution >= 4 is 27.3 Å².